The zero-order valence-corrected chi connectivity index (χ0v) is 13.6. The highest BCUT2D eigenvalue weighted by Crippen LogP contribution is 2.25. The van der Waals surface area contributed by atoms with Gasteiger partial charge in [0.2, 0.25) is 11.8 Å². The van der Waals surface area contributed by atoms with E-state index in [1.54, 1.807) is 12.3 Å². The molecule has 1 fully saturated rings. The van der Waals surface area contributed by atoms with Crippen LogP contribution in [0.15, 0.2) is 12.3 Å². The lowest BCUT2D eigenvalue weighted by atomic mass is 9.89. The number of hydrogen-bond donors (Lipinski definition) is 2. The number of aromatic nitrogens is 1. The van der Waals surface area contributed by atoms with Crippen LogP contribution in [-0.4, -0.2) is 16.8 Å². The van der Waals surface area contributed by atoms with E-state index < -0.39 is 0 Å². The third-order valence-corrected chi connectivity index (χ3v) is 4.12. The summed E-state index contributed by atoms with van der Waals surface area (Å²) >= 11 is 0. The lowest BCUT2D eigenvalue weighted by Crippen LogP contribution is -2.25. The second-order valence-electron chi connectivity index (χ2n) is 6.35. The van der Waals surface area contributed by atoms with E-state index >= 15 is 0 Å². The predicted octanol–water partition coefficient (Wildman–Crippen LogP) is 3.50. The lowest BCUT2D eigenvalue weighted by molar-refractivity contribution is -0.121. The van der Waals surface area contributed by atoms with Crippen LogP contribution in [0.1, 0.15) is 51.5 Å². The smallest absolute Gasteiger partial charge is 0.228 e. The summed E-state index contributed by atoms with van der Waals surface area (Å²) in [6, 6.07) is 1.80. The third kappa shape index (κ3) is 4.29. The Hall–Kier alpha value is -1.91. The van der Waals surface area contributed by atoms with Crippen LogP contribution in [0.4, 0.5) is 11.5 Å². The SMILES string of the molecule is Cc1cc(NC(=O)C2CCCCC2)ncc1NC(=O)C(C)C. The van der Waals surface area contributed by atoms with Gasteiger partial charge in [-0.25, -0.2) is 4.98 Å². The monoisotopic (exact) mass is 303 g/mol. The van der Waals surface area contributed by atoms with Gasteiger partial charge in [0.25, 0.3) is 0 Å². The number of hydrogen-bond acceptors (Lipinski definition) is 3. The molecule has 22 heavy (non-hydrogen) atoms. The van der Waals surface area contributed by atoms with Crippen molar-refractivity contribution < 1.29 is 9.59 Å². The van der Waals surface area contributed by atoms with Crippen LogP contribution in [-0.2, 0) is 9.59 Å². The molecule has 2 amide bonds. The molecular weight excluding hydrogens is 278 g/mol. The Bertz CT molecular complexity index is 549. The summed E-state index contributed by atoms with van der Waals surface area (Å²) in [5.41, 5.74) is 1.58. The summed E-state index contributed by atoms with van der Waals surface area (Å²) in [7, 11) is 0. The maximum atomic E-state index is 12.2. The molecule has 1 aliphatic carbocycles. The number of anilines is 2. The van der Waals surface area contributed by atoms with E-state index in [2.05, 4.69) is 15.6 Å². The van der Waals surface area contributed by atoms with Crippen LogP contribution in [0, 0.1) is 18.8 Å². The second-order valence-corrected chi connectivity index (χ2v) is 6.35. The molecule has 0 unspecified atom stereocenters. The summed E-state index contributed by atoms with van der Waals surface area (Å²) in [4.78, 5) is 28.2. The molecule has 0 spiro atoms. The van der Waals surface area contributed by atoms with Crippen molar-refractivity contribution in [1.29, 1.82) is 0 Å². The highest BCUT2D eigenvalue weighted by molar-refractivity contribution is 5.94. The van der Waals surface area contributed by atoms with Crippen molar-refractivity contribution in [3.8, 4) is 0 Å². The molecule has 0 bridgehead atoms. The fourth-order valence-electron chi connectivity index (χ4n) is 2.63. The number of nitrogens with one attached hydrogen (secondary N) is 2. The van der Waals surface area contributed by atoms with Gasteiger partial charge in [0.15, 0.2) is 0 Å². The zero-order valence-electron chi connectivity index (χ0n) is 13.6. The number of carbonyl (C=O) groups excluding carboxylic acids is 2. The molecule has 5 heteroatoms. The minimum Gasteiger partial charge on any atom is -0.324 e. The molecule has 1 aliphatic rings. The molecule has 1 aromatic heterocycles. The molecule has 120 valence electrons. The number of rotatable bonds is 4. The predicted molar refractivity (Wildman–Crippen MR) is 87.6 cm³/mol. The van der Waals surface area contributed by atoms with Gasteiger partial charge in [-0.1, -0.05) is 33.1 Å². The fraction of sp³-hybridized carbons (Fsp3) is 0.588. The second kappa shape index (κ2) is 7.38. The topological polar surface area (TPSA) is 71.1 Å². The molecule has 0 aromatic carbocycles. The highest BCUT2D eigenvalue weighted by atomic mass is 16.2. The van der Waals surface area contributed by atoms with Crippen molar-refractivity contribution in [3.05, 3.63) is 17.8 Å². The maximum Gasteiger partial charge on any atom is 0.228 e. The van der Waals surface area contributed by atoms with Crippen molar-refractivity contribution in [2.45, 2.75) is 52.9 Å². The highest BCUT2D eigenvalue weighted by Gasteiger charge is 2.21. The first-order valence-electron chi connectivity index (χ1n) is 8.05. The first-order valence-corrected chi connectivity index (χ1v) is 8.05. The Kier molecular flexibility index (Phi) is 5.52. The van der Waals surface area contributed by atoms with Crippen molar-refractivity contribution in [1.82, 2.24) is 4.98 Å². The Balaban J connectivity index is 1.99. The van der Waals surface area contributed by atoms with Crippen LogP contribution in [0.2, 0.25) is 0 Å². The van der Waals surface area contributed by atoms with E-state index in [-0.39, 0.29) is 23.7 Å². The van der Waals surface area contributed by atoms with Gasteiger partial charge < -0.3 is 10.6 Å². The van der Waals surface area contributed by atoms with E-state index in [1.165, 1.54) is 6.42 Å². The Morgan fingerprint density at radius 1 is 1.18 bits per heavy atom. The fourth-order valence-corrected chi connectivity index (χ4v) is 2.63. The molecule has 2 rings (SSSR count). The zero-order chi connectivity index (χ0) is 16.1. The molecule has 0 radical (unpaired) electrons. The van der Waals surface area contributed by atoms with Gasteiger partial charge in [-0.05, 0) is 31.4 Å². The normalized spacial score (nSPS) is 15.6. The van der Waals surface area contributed by atoms with E-state index in [0.717, 1.165) is 31.2 Å². The minimum atomic E-state index is -0.0786. The summed E-state index contributed by atoms with van der Waals surface area (Å²) < 4.78 is 0. The van der Waals surface area contributed by atoms with E-state index in [9.17, 15) is 9.59 Å². The van der Waals surface area contributed by atoms with Crippen molar-refractivity contribution in [2.24, 2.45) is 11.8 Å². The van der Waals surface area contributed by atoms with Crippen LogP contribution in [0.5, 0.6) is 0 Å². The van der Waals surface area contributed by atoms with Crippen LogP contribution < -0.4 is 10.6 Å². The Labute approximate surface area is 131 Å². The maximum absolute atomic E-state index is 12.2. The van der Waals surface area contributed by atoms with Crippen molar-refractivity contribution in [2.75, 3.05) is 10.6 Å². The number of nitrogens with zero attached hydrogens (tertiary/aromatic N) is 1. The van der Waals surface area contributed by atoms with Gasteiger partial charge in [-0.2, -0.15) is 0 Å². The Morgan fingerprint density at radius 3 is 2.45 bits per heavy atom. The average Bonchev–Trinajstić information content (AvgIpc) is 2.50. The van der Waals surface area contributed by atoms with Crippen LogP contribution in [0.3, 0.4) is 0 Å². The minimum absolute atomic E-state index is 0.0381. The van der Waals surface area contributed by atoms with Gasteiger partial charge in [0.1, 0.15) is 5.82 Å². The lowest BCUT2D eigenvalue weighted by Gasteiger charge is -2.20. The van der Waals surface area contributed by atoms with Gasteiger partial charge >= 0.3 is 0 Å². The van der Waals surface area contributed by atoms with Crippen LogP contribution >= 0.6 is 0 Å². The number of amides is 2. The molecule has 1 heterocycles. The molecule has 0 aliphatic heterocycles. The molecule has 2 N–H and O–H groups in total. The van der Waals surface area contributed by atoms with Gasteiger partial charge in [0, 0.05) is 11.8 Å². The van der Waals surface area contributed by atoms with Gasteiger partial charge in [-0.15, -0.1) is 0 Å². The van der Waals surface area contributed by atoms with E-state index in [4.69, 9.17) is 0 Å². The van der Waals surface area contributed by atoms with E-state index in [1.807, 2.05) is 20.8 Å². The molecular formula is C17H25N3O2. The standard InChI is InChI=1S/C17H25N3O2/c1-11(2)16(21)19-14-10-18-15(9-12(14)3)20-17(22)13-7-5-4-6-8-13/h9-11,13H,4-8H2,1-3H3,(H,19,21)(H,18,20,22). The van der Waals surface area contributed by atoms with Crippen molar-refractivity contribution in [3.63, 3.8) is 0 Å². The number of pyridine rings is 1. The van der Waals surface area contributed by atoms with Gasteiger partial charge in [-0.3, -0.25) is 9.59 Å². The molecule has 1 aromatic rings. The molecule has 0 saturated heterocycles. The summed E-state index contributed by atoms with van der Waals surface area (Å²) in [6.07, 6.45) is 7.02. The summed E-state index contributed by atoms with van der Waals surface area (Å²) in [5.74, 6) is 0.603. The molecule has 1 saturated carbocycles. The first kappa shape index (κ1) is 16.5. The van der Waals surface area contributed by atoms with Gasteiger partial charge in [0.05, 0.1) is 11.9 Å². The number of aryl methyl sites for hydroxylation is 1. The number of carbonyl (C=O) groups is 2. The average molecular weight is 303 g/mol. The van der Waals surface area contributed by atoms with Crippen molar-refractivity contribution >= 4 is 23.3 Å². The molecule has 5 nitrogen and oxygen atoms in total. The third-order valence-electron chi connectivity index (χ3n) is 4.12. The van der Waals surface area contributed by atoms with E-state index in [0.29, 0.717) is 11.5 Å². The Morgan fingerprint density at radius 2 is 1.86 bits per heavy atom. The van der Waals surface area contributed by atoms with Crippen LogP contribution in [0.25, 0.3) is 0 Å². The largest absolute Gasteiger partial charge is 0.324 e. The first-order chi connectivity index (χ1) is 10.5. The summed E-state index contributed by atoms with van der Waals surface area (Å²) in [5, 5.41) is 5.73. The molecule has 0 atom stereocenters. The summed E-state index contributed by atoms with van der Waals surface area (Å²) in [6.45, 7) is 5.58. The quantitative estimate of drug-likeness (QED) is 0.894.